The number of para-hydroxylation sites is 2. The quantitative estimate of drug-likeness (QED) is 0.797. The van der Waals surface area contributed by atoms with E-state index >= 15 is 0 Å². The van der Waals surface area contributed by atoms with E-state index in [0.717, 1.165) is 17.8 Å². The van der Waals surface area contributed by atoms with Gasteiger partial charge in [0.1, 0.15) is 5.69 Å². The van der Waals surface area contributed by atoms with E-state index in [4.69, 9.17) is 0 Å². The normalized spacial score (nSPS) is 16.8. The summed E-state index contributed by atoms with van der Waals surface area (Å²) in [5, 5.41) is 0. The highest BCUT2D eigenvalue weighted by atomic mass is 16.2. The van der Waals surface area contributed by atoms with Gasteiger partial charge in [0.05, 0.1) is 17.1 Å². The molecule has 128 valence electrons. The zero-order valence-electron chi connectivity index (χ0n) is 14.1. The Hall–Kier alpha value is -2.89. The maximum atomic E-state index is 12.7. The number of hydrogen-bond acceptors (Lipinski definition) is 3. The van der Waals surface area contributed by atoms with Gasteiger partial charge in [0.15, 0.2) is 0 Å². The predicted molar refractivity (Wildman–Crippen MR) is 95.2 cm³/mol. The van der Waals surface area contributed by atoms with Crippen molar-refractivity contribution in [1.29, 1.82) is 0 Å². The molecule has 0 saturated heterocycles. The third-order valence-corrected chi connectivity index (χ3v) is 4.91. The number of nitrogens with one attached hydrogen (secondary N) is 1. The second-order valence-corrected chi connectivity index (χ2v) is 6.42. The molecule has 6 heteroatoms. The standard InChI is InChI=1S/C19H20N4O2/c1-13-17-7-4-10-22(17)11-12-23(13)18(24)9-8-16-19(25)21-15-6-3-2-5-14(15)20-16/h2-7,10,13H,8-9,11-12H2,1H3,(H,21,25)/t13-/m0/s1. The first-order valence-corrected chi connectivity index (χ1v) is 8.56. The van der Waals surface area contributed by atoms with Gasteiger partial charge in [-0.05, 0) is 31.2 Å². The number of rotatable bonds is 3. The van der Waals surface area contributed by atoms with Crippen LogP contribution in [0.1, 0.15) is 30.8 Å². The maximum Gasteiger partial charge on any atom is 0.270 e. The average Bonchev–Trinajstić information content (AvgIpc) is 3.09. The van der Waals surface area contributed by atoms with E-state index in [2.05, 4.69) is 20.6 Å². The van der Waals surface area contributed by atoms with Crippen LogP contribution in [-0.2, 0) is 17.8 Å². The van der Waals surface area contributed by atoms with Crippen LogP contribution in [0, 0.1) is 0 Å². The largest absolute Gasteiger partial charge is 0.348 e. The van der Waals surface area contributed by atoms with Crippen LogP contribution in [-0.4, -0.2) is 31.9 Å². The SMILES string of the molecule is C[C@H]1c2cccn2CCN1C(=O)CCc1nc2ccccc2[nH]c1=O. The monoisotopic (exact) mass is 336 g/mol. The fourth-order valence-corrected chi connectivity index (χ4v) is 3.53. The van der Waals surface area contributed by atoms with Crippen molar-refractivity contribution in [2.75, 3.05) is 6.54 Å². The molecule has 1 aliphatic rings. The molecule has 3 heterocycles. The lowest BCUT2D eigenvalue weighted by atomic mass is 10.1. The van der Waals surface area contributed by atoms with Crippen molar-refractivity contribution < 1.29 is 4.79 Å². The highest BCUT2D eigenvalue weighted by molar-refractivity contribution is 5.77. The van der Waals surface area contributed by atoms with E-state index in [9.17, 15) is 9.59 Å². The van der Waals surface area contributed by atoms with Crippen molar-refractivity contribution >= 4 is 16.9 Å². The molecule has 3 aromatic rings. The van der Waals surface area contributed by atoms with Crippen molar-refractivity contribution in [3.05, 3.63) is 64.3 Å². The molecule has 1 atom stereocenters. The van der Waals surface area contributed by atoms with Gasteiger partial charge in [0, 0.05) is 37.8 Å². The topological polar surface area (TPSA) is 71.0 Å². The molecule has 0 spiro atoms. The first-order chi connectivity index (χ1) is 12.1. The molecule has 0 saturated carbocycles. The Balaban J connectivity index is 1.49. The van der Waals surface area contributed by atoms with Gasteiger partial charge in [0.25, 0.3) is 5.56 Å². The number of H-pyrrole nitrogens is 1. The number of amides is 1. The van der Waals surface area contributed by atoms with Crippen molar-refractivity contribution in [1.82, 2.24) is 19.4 Å². The van der Waals surface area contributed by atoms with Gasteiger partial charge in [-0.2, -0.15) is 0 Å². The van der Waals surface area contributed by atoms with E-state index in [1.807, 2.05) is 48.4 Å². The minimum absolute atomic E-state index is 0.0547. The fourth-order valence-electron chi connectivity index (χ4n) is 3.53. The minimum atomic E-state index is -0.216. The van der Waals surface area contributed by atoms with Crippen LogP contribution in [0.3, 0.4) is 0 Å². The summed E-state index contributed by atoms with van der Waals surface area (Å²) in [4.78, 5) is 34.0. The summed E-state index contributed by atoms with van der Waals surface area (Å²) in [7, 11) is 0. The number of aromatic amines is 1. The highest BCUT2D eigenvalue weighted by Gasteiger charge is 2.27. The molecule has 6 nitrogen and oxygen atoms in total. The molecule has 1 amide bonds. The van der Waals surface area contributed by atoms with E-state index in [0.29, 0.717) is 30.6 Å². The van der Waals surface area contributed by atoms with E-state index in [-0.39, 0.29) is 17.5 Å². The molecular weight excluding hydrogens is 316 g/mol. The van der Waals surface area contributed by atoms with Gasteiger partial charge in [0.2, 0.25) is 5.91 Å². The summed E-state index contributed by atoms with van der Waals surface area (Å²) in [6.45, 7) is 3.56. The molecule has 1 N–H and O–H groups in total. The Bertz CT molecular complexity index is 988. The summed E-state index contributed by atoms with van der Waals surface area (Å²) in [6, 6.07) is 11.5. The van der Waals surface area contributed by atoms with Crippen LogP contribution in [0.5, 0.6) is 0 Å². The molecule has 2 aromatic heterocycles. The predicted octanol–water partition coefficient (Wildman–Crippen LogP) is 2.26. The molecule has 4 rings (SSSR count). The zero-order valence-corrected chi connectivity index (χ0v) is 14.1. The number of hydrogen-bond donors (Lipinski definition) is 1. The van der Waals surface area contributed by atoms with E-state index in [1.165, 1.54) is 0 Å². The second kappa shape index (κ2) is 6.20. The van der Waals surface area contributed by atoms with Crippen LogP contribution in [0.4, 0.5) is 0 Å². The second-order valence-electron chi connectivity index (χ2n) is 6.42. The summed E-state index contributed by atoms with van der Waals surface area (Å²) in [6.07, 6.45) is 2.69. The van der Waals surface area contributed by atoms with Crippen LogP contribution in [0.15, 0.2) is 47.4 Å². The Morgan fingerprint density at radius 1 is 1.24 bits per heavy atom. The van der Waals surface area contributed by atoms with Crippen molar-refractivity contribution in [3.63, 3.8) is 0 Å². The Labute approximate surface area is 145 Å². The minimum Gasteiger partial charge on any atom is -0.348 e. The van der Waals surface area contributed by atoms with Crippen LogP contribution >= 0.6 is 0 Å². The van der Waals surface area contributed by atoms with Crippen LogP contribution < -0.4 is 5.56 Å². The lowest BCUT2D eigenvalue weighted by Gasteiger charge is -2.35. The molecule has 0 radical (unpaired) electrons. The third kappa shape index (κ3) is 2.84. The van der Waals surface area contributed by atoms with Gasteiger partial charge in [-0.3, -0.25) is 9.59 Å². The van der Waals surface area contributed by atoms with Crippen LogP contribution in [0.25, 0.3) is 11.0 Å². The van der Waals surface area contributed by atoms with Crippen molar-refractivity contribution in [3.8, 4) is 0 Å². The molecule has 0 aliphatic carbocycles. The summed E-state index contributed by atoms with van der Waals surface area (Å²) < 4.78 is 2.18. The molecule has 25 heavy (non-hydrogen) atoms. The van der Waals surface area contributed by atoms with E-state index < -0.39 is 0 Å². The zero-order chi connectivity index (χ0) is 17.4. The first-order valence-electron chi connectivity index (χ1n) is 8.56. The van der Waals surface area contributed by atoms with E-state index in [1.54, 1.807) is 0 Å². The van der Waals surface area contributed by atoms with Gasteiger partial charge >= 0.3 is 0 Å². The summed E-state index contributed by atoms with van der Waals surface area (Å²) >= 11 is 0. The summed E-state index contributed by atoms with van der Waals surface area (Å²) in [5.41, 5.74) is 2.81. The first kappa shape index (κ1) is 15.6. The third-order valence-electron chi connectivity index (χ3n) is 4.91. The lowest BCUT2D eigenvalue weighted by molar-refractivity contribution is -0.134. The molecule has 0 bridgehead atoms. The molecule has 0 unspecified atom stereocenters. The van der Waals surface area contributed by atoms with Gasteiger partial charge in [-0.15, -0.1) is 0 Å². The Morgan fingerprint density at radius 3 is 2.96 bits per heavy atom. The number of benzene rings is 1. The van der Waals surface area contributed by atoms with Crippen LogP contribution in [0.2, 0.25) is 0 Å². The average molecular weight is 336 g/mol. The number of aromatic nitrogens is 3. The lowest BCUT2D eigenvalue weighted by Crippen LogP contribution is -2.40. The van der Waals surface area contributed by atoms with Crippen molar-refractivity contribution in [2.45, 2.75) is 32.4 Å². The Kier molecular flexibility index (Phi) is 3.87. The molecule has 0 fully saturated rings. The smallest absolute Gasteiger partial charge is 0.270 e. The van der Waals surface area contributed by atoms with Crippen molar-refractivity contribution in [2.24, 2.45) is 0 Å². The van der Waals surface area contributed by atoms with Gasteiger partial charge in [-0.25, -0.2) is 4.98 Å². The van der Waals surface area contributed by atoms with Gasteiger partial charge in [-0.1, -0.05) is 12.1 Å². The molecule has 1 aliphatic heterocycles. The maximum absolute atomic E-state index is 12.7. The number of nitrogens with zero attached hydrogens (tertiary/aromatic N) is 3. The molecular formula is C19H20N4O2. The van der Waals surface area contributed by atoms with Gasteiger partial charge < -0.3 is 14.5 Å². The number of carbonyl (C=O) groups excluding carboxylic acids is 1. The fraction of sp³-hybridized carbons (Fsp3) is 0.316. The highest BCUT2D eigenvalue weighted by Crippen LogP contribution is 2.26. The number of carbonyl (C=O) groups is 1. The Morgan fingerprint density at radius 2 is 2.08 bits per heavy atom. The molecule has 1 aromatic carbocycles. The number of aryl methyl sites for hydroxylation is 1. The number of fused-ring (bicyclic) bond motifs is 2. The summed E-state index contributed by atoms with van der Waals surface area (Å²) in [5.74, 6) is 0.0642.